The van der Waals surface area contributed by atoms with E-state index in [0.29, 0.717) is 15.8 Å². The number of halogens is 2. The molecule has 0 bridgehead atoms. The molecule has 1 aliphatic rings. The van der Waals surface area contributed by atoms with Gasteiger partial charge in [0.25, 0.3) is 0 Å². The van der Waals surface area contributed by atoms with Gasteiger partial charge in [0.1, 0.15) is 5.82 Å². The molecule has 3 unspecified atom stereocenters. The van der Waals surface area contributed by atoms with Crippen molar-refractivity contribution in [2.45, 2.75) is 29.9 Å². The van der Waals surface area contributed by atoms with Crippen LogP contribution in [0.25, 0.3) is 0 Å². The van der Waals surface area contributed by atoms with Crippen LogP contribution in [0.15, 0.2) is 18.2 Å². The van der Waals surface area contributed by atoms with Crippen LogP contribution >= 0.6 is 35.1 Å². The van der Waals surface area contributed by atoms with Crippen LogP contribution in [0.1, 0.15) is 25.0 Å². The van der Waals surface area contributed by atoms with E-state index < -0.39 is 11.9 Å². The monoisotopic (exact) mass is 306 g/mol. The number of aliphatic hydroxyl groups excluding tert-OH is 1. The molecule has 0 saturated carbocycles. The van der Waals surface area contributed by atoms with E-state index in [0.717, 1.165) is 17.9 Å². The van der Waals surface area contributed by atoms with Crippen molar-refractivity contribution in [3.8, 4) is 0 Å². The van der Waals surface area contributed by atoms with Crippen LogP contribution in [-0.2, 0) is 0 Å². The highest BCUT2D eigenvalue weighted by atomic mass is 35.5. The highest BCUT2D eigenvalue weighted by molar-refractivity contribution is 8.07. The lowest BCUT2D eigenvalue weighted by molar-refractivity contribution is 0.167. The molecule has 1 N–H and O–H groups in total. The number of hydrogen-bond acceptors (Lipinski definition) is 3. The second kappa shape index (κ2) is 6.51. The van der Waals surface area contributed by atoms with Crippen molar-refractivity contribution in [1.29, 1.82) is 0 Å². The SMILES string of the molecule is CCC1SCCSC1C(O)c1ccc(Cl)cc1F. The quantitative estimate of drug-likeness (QED) is 0.906. The summed E-state index contributed by atoms with van der Waals surface area (Å²) >= 11 is 9.35. The van der Waals surface area contributed by atoms with Gasteiger partial charge in [-0.3, -0.25) is 0 Å². The molecule has 0 aliphatic carbocycles. The molecule has 1 aromatic carbocycles. The predicted molar refractivity (Wildman–Crippen MR) is 79.2 cm³/mol. The fraction of sp³-hybridized carbons (Fsp3) is 0.538. The van der Waals surface area contributed by atoms with Gasteiger partial charge in [0.2, 0.25) is 0 Å². The molecule has 1 fully saturated rings. The maximum Gasteiger partial charge on any atom is 0.130 e. The number of thioether (sulfide) groups is 2. The molecule has 0 radical (unpaired) electrons. The van der Waals surface area contributed by atoms with Gasteiger partial charge in [0.05, 0.1) is 6.10 Å². The van der Waals surface area contributed by atoms with Gasteiger partial charge in [0.15, 0.2) is 0 Å². The summed E-state index contributed by atoms with van der Waals surface area (Å²) in [6.07, 6.45) is 0.235. The normalized spacial score (nSPS) is 26.0. The van der Waals surface area contributed by atoms with E-state index >= 15 is 0 Å². The third kappa shape index (κ3) is 3.16. The Hall–Kier alpha value is 0.1000. The maximum absolute atomic E-state index is 13.8. The molecular weight excluding hydrogens is 291 g/mol. The maximum atomic E-state index is 13.8. The van der Waals surface area contributed by atoms with Crippen LogP contribution in [0.2, 0.25) is 5.02 Å². The Balaban J connectivity index is 2.20. The molecule has 100 valence electrons. The number of aliphatic hydroxyl groups is 1. The van der Waals surface area contributed by atoms with Crippen molar-refractivity contribution in [2.75, 3.05) is 11.5 Å². The first-order valence-electron chi connectivity index (χ1n) is 5.99. The van der Waals surface area contributed by atoms with E-state index in [9.17, 15) is 9.50 Å². The molecule has 1 aromatic rings. The van der Waals surface area contributed by atoms with Crippen molar-refractivity contribution in [3.05, 3.63) is 34.6 Å². The average Bonchev–Trinajstić information content (AvgIpc) is 2.38. The standard InChI is InChI=1S/C13H16ClFOS2/c1-2-11-13(18-6-5-17-11)12(16)9-4-3-8(14)7-10(9)15/h3-4,7,11-13,16H,2,5-6H2,1H3. The molecule has 1 heterocycles. The fourth-order valence-corrected chi connectivity index (χ4v) is 5.43. The molecule has 1 saturated heterocycles. The molecular formula is C13H16ClFOS2. The Labute approximate surface area is 120 Å². The van der Waals surface area contributed by atoms with Crippen LogP contribution < -0.4 is 0 Å². The smallest absolute Gasteiger partial charge is 0.130 e. The molecule has 1 nitrogen and oxygen atoms in total. The summed E-state index contributed by atoms with van der Waals surface area (Å²) in [6, 6.07) is 4.49. The topological polar surface area (TPSA) is 20.2 Å². The van der Waals surface area contributed by atoms with Crippen molar-refractivity contribution in [1.82, 2.24) is 0 Å². The van der Waals surface area contributed by atoms with Gasteiger partial charge in [-0.15, -0.1) is 0 Å². The highest BCUT2D eigenvalue weighted by Crippen LogP contribution is 2.40. The second-order valence-corrected chi connectivity index (χ2v) is 7.33. The summed E-state index contributed by atoms with van der Waals surface area (Å²) in [5.74, 6) is 1.70. The van der Waals surface area contributed by atoms with Gasteiger partial charge in [-0.25, -0.2) is 4.39 Å². The number of hydrogen-bond donors (Lipinski definition) is 1. The lowest BCUT2D eigenvalue weighted by Gasteiger charge is -2.33. The Morgan fingerprint density at radius 2 is 2.17 bits per heavy atom. The van der Waals surface area contributed by atoms with Crippen LogP contribution in [0.4, 0.5) is 4.39 Å². The summed E-state index contributed by atoms with van der Waals surface area (Å²) in [5.41, 5.74) is 0.359. The molecule has 5 heteroatoms. The Bertz CT molecular complexity index is 416. The minimum atomic E-state index is -0.759. The van der Waals surface area contributed by atoms with E-state index in [1.54, 1.807) is 23.9 Å². The van der Waals surface area contributed by atoms with Crippen LogP contribution in [-0.4, -0.2) is 27.1 Å². The second-order valence-electron chi connectivity index (χ2n) is 4.26. The zero-order valence-corrected chi connectivity index (χ0v) is 12.5. The fourth-order valence-electron chi connectivity index (χ4n) is 2.15. The summed E-state index contributed by atoms with van der Waals surface area (Å²) in [5, 5.41) is 11.2. The van der Waals surface area contributed by atoms with E-state index in [4.69, 9.17) is 11.6 Å². The third-order valence-corrected chi connectivity index (χ3v) is 6.66. The van der Waals surface area contributed by atoms with Crippen LogP contribution in [0.3, 0.4) is 0 Å². The molecule has 0 amide bonds. The van der Waals surface area contributed by atoms with Gasteiger partial charge in [0, 0.05) is 32.6 Å². The van der Waals surface area contributed by atoms with E-state index in [1.807, 2.05) is 11.8 Å². The first kappa shape index (κ1) is 14.5. The van der Waals surface area contributed by atoms with Gasteiger partial charge in [-0.1, -0.05) is 24.6 Å². The molecule has 0 aromatic heterocycles. The average molecular weight is 307 g/mol. The minimum Gasteiger partial charge on any atom is -0.387 e. The van der Waals surface area contributed by atoms with Gasteiger partial charge in [-0.05, 0) is 18.6 Å². The van der Waals surface area contributed by atoms with Crippen molar-refractivity contribution >= 4 is 35.1 Å². The molecule has 2 rings (SSSR count). The van der Waals surface area contributed by atoms with E-state index in [-0.39, 0.29) is 5.25 Å². The zero-order valence-electron chi connectivity index (χ0n) is 10.1. The van der Waals surface area contributed by atoms with Gasteiger partial charge in [-0.2, -0.15) is 23.5 Å². The third-order valence-electron chi connectivity index (χ3n) is 3.09. The molecule has 1 aliphatic heterocycles. The summed E-state index contributed by atoms with van der Waals surface area (Å²) in [6.45, 7) is 2.11. The van der Waals surface area contributed by atoms with Crippen molar-refractivity contribution in [3.63, 3.8) is 0 Å². The zero-order chi connectivity index (χ0) is 13.1. The molecule has 0 spiro atoms. The summed E-state index contributed by atoms with van der Waals surface area (Å²) < 4.78 is 13.8. The first-order chi connectivity index (χ1) is 8.63. The molecule has 3 atom stereocenters. The van der Waals surface area contributed by atoms with Crippen LogP contribution in [0.5, 0.6) is 0 Å². The minimum absolute atomic E-state index is 0.0597. The molecule has 18 heavy (non-hydrogen) atoms. The Kier molecular flexibility index (Phi) is 5.24. The van der Waals surface area contributed by atoms with E-state index in [2.05, 4.69) is 6.92 Å². The Morgan fingerprint density at radius 3 is 2.83 bits per heavy atom. The number of rotatable bonds is 3. The first-order valence-corrected chi connectivity index (χ1v) is 8.47. The lowest BCUT2D eigenvalue weighted by Crippen LogP contribution is -2.31. The van der Waals surface area contributed by atoms with Gasteiger partial charge >= 0.3 is 0 Å². The van der Waals surface area contributed by atoms with Gasteiger partial charge < -0.3 is 5.11 Å². The summed E-state index contributed by atoms with van der Waals surface area (Å²) in [7, 11) is 0. The van der Waals surface area contributed by atoms with Crippen molar-refractivity contribution < 1.29 is 9.50 Å². The van der Waals surface area contributed by atoms with Crippen molar-refractivity contribution in [2.24, 2.45) is 0 Å². The summed E-state index contributed by atoms with van der Waals surface area (Å²) in [4.78, 5) is 0. The predicted octanol–water partition coefficient (Wildman–Crippen LogP) is 4.14. The number of benzene rings is 1. The van der Waals surface area contributed by atoms with E-state index in [1.165, 1.54) is 6.07 Å². The lowest BCUT2D eigenvalue weighted by atomic mass is 10.0. The highest BCUT2D eigenvalue weighted by Gasteiger charge is 2.33. The Morgan fingerprint density at radius 1 is 1.44 bits per heavy atom. The largest absolute Gasteiger partial charge is 0.387 e. The van der Waals surface area contributed by atoms with Crippen LogP contribution in [0, 0.1) is 5.82 Å².